The molecule has 3 heteroatoms. The van der Waals surface area contributed by atoms with Gasteiger partial charge in [-0.2, -0.15) is 0 Å². The zero-order valence-corrected chi connectivity index (χ0v) is 10.4. The van der Waals surface area contributed by atoms with Gasteiger partial charge in [-0.25, -0.2) is 4.79 Å². The smallest absolute Gasteiger partial charge is 0.377 e. The molecule has 0 spiro atoms. The van der Waals surface area contributed by atoms with E-state index < -0.39 is 11.8 Å². The first kappa shape index (κ1) is 12.8. The molecule has 18 heavy (non-hydrogen) atoms. The number of benzene rings is 1. The molecule has 1 fully saturated rings. The number of ketones is 1. The summed E-state index contributed by atoms with van der Waals surface area (Å²) in [6.45, 7) is 0. The van der Waals surface area contributed by atoms with Crippen molar-refractivity contribution in [3.05, 3.63) is 35.4 Å². The quantitative estimate of drug-likeness (QED) is 0.505. The molecular formula is C15H18O3. The van der Waals surface area contributed by atoms with Crippen LogP contribution in [-0.4, -0.2) is 16.9 Å². The van der Waals surface area contributed by atoms with Gasteiger partial charge in [0.25, 0.3) is 5.78 Å². The Labute approximate surface area is 107 Å². The van der Waals surface area contributed by atoms with Crippen LogP contribution in [0.3, 0.4) is 0 Å². The van der Waals surface area contributed by atoms with Gasteiger partial charge in [0.05, 0.1) is 0 Å². The molecule has 1 aromatic carbocycles. The predicted molar refractivity (Wildman–Crippen MR) is 68.9 cm³/mol. The third kappa shape index (κ3) is 2.78. The zero-order valence-electron chi connectivity index (χ0n) is 10.4. The number of carboxylic acid groups (broad SMARTS) is 1. The fraction of sp³-hybridized carbons (Fsp3) is 0.467. The van der Waals surface area contributed by atoms with Crippen LogP contribution < -0.4 is 0 Å². The van der Waals surface area contributed by atoms with E-state index in [1.54, 1.807) is 12.1 Å². The molecule has 0 radical (unpaired) electrons. The first-order valence-corrected chi connectivity index (χ1v) is 6.56. The molecule has 0 heterocycles. The third-order valence-corrected chi connectivity index (χ3v) is 3.69. The number of carboxylic acids is 1. The molecule has 0 unspecified atom stereocenters. The highest BCUT2D eigenvalue weighted by molar-refractivity contribution is 6.40. The Morgan fingerprint density at radius 1 is 1.00 bits per heavy atom. The largest absolute Gasteiger partial charge is 0.475 e. The van der Waals surface area contributed by atoms with Crippen LogP contribution in [0.2, 0.25) is 0 Å². The highest BCUT2D eigenvalue weighted by atomic mass is 16.4. The van der Waals surface area contributed by atoms with Crippen molar-refractivity contribution in [1.29, 1.82) is 0 Å². The van der Waals surface area contributed by atoms with Crippen LogP contribution in [0.25, 0.3) is 0 Å². The van der Waals surface area contributed by atoms with Gasteiger partial charge in [-0.3, -0.25) is 4.79 Å². The van der Waals surface area contributed by atoms with Gasteiger partial charge in [0.2, 0.25) is 0 Å². The Kier molecular flexibility index (Phi) is 4.13. The fourth-order valence-corrected chi connectivity index (χ4v) is 2.77. The first-order valence-electron chi connectivity index (χ1n) is 6.56. The van der Waals surface area contributed by atoms with Crippen molar-refractivity contribution in [3.63, 3.8) is 0 Å². The number of carbonyl (C=O) groups excluding carboxylic acids is 1. The van der Waals surface area contributed by atoms with Gasteiger partial charge >= 0.3 is 5.97 Å². The van der Waals surface area contributed by atoms with Crippen LogP contribution in [0.15, 0.2) is 24.3 Å². The summed E-state index contributed by atoms with van der Waals surface area (Å²) >= 11 is 0. The number of Topliss-reactive ketones (excluding diaryl/α,β-unsaturated/α-hetero) is 1. The molecule has 1 aromatic rings. The second-order valence-corrected chi connectivity index (χ2v) is 4.91. The highest BCUT2D eigenvalue weighted by Crippen LogP contribution is 2.33. The van der Waals surface area contributed by atoms with E-state index in [2.05, 4.69) is 0 Å². The summed E-state index contributed by atoms with van der Waals surface area (Å²) in [4.78, 5) is 22.5. The lowest BCUT2D eigenvalue weighted by Crippen LogP contribution is -2.16. The highest BCUT2D eigenvalue weighted by Gasteiger charge is 2.23. The van der Waals surface area contributed by atoms with Gasteiger partial charge in [-0.05, 0) is 24.3 Å². The van der Waals surface area contributed by atoms with Gasteiger partial charge < -0.3 is 5.11 Å². The molecule has 0 bridgehead atoms. The molecular weight excluding hydrogens is 228 g/mol. The molecule has 0 aromatic heterocycles. The maximum Gasteiger partial charge on any atom is 0.377 e. The third-order valence-electron chi connectivity index (χ3n) is 3.69. The topological polar surface area (TPSA) is 54.4 Å². The van der Waals surface area contributed by atoms with E-state index in [1.165, 1.54) is 25.7 Å². The molecule has 2 rings (SSSR count). The Morgan fingerprint density at radius 2 is 1.61 bits per heavy atom. The average molecular weight is 246 g/mol. The van der Waals surface area contributed by atoms with Crippen LogP contribution in [0.4, 0.5) is 0 Å². The summed E-state index contributed by atoms with van der Waals surface area (Å²) in [5.74, 6) is -1.81. The minimum atomic E-state index is -1.36. The van der Waals surface area contributed by atoms with Crippen LogP contribution >= 0.6 is 0 Å². The van der Waals surface area contributed by atoms with Crippen molar-refractivity contribution in [2.24, 2.45) is 0 Å². The fourth-order valence-electron chi connectivity index (χ4n) is 2.77. The molecule has 3 nitrogen and oxygen atoms in total. The van der Waals surface area contributed by atoms with Crippen LogP contribution in [0.5, 0.6) is 0 Å². The molecule has 0 saturated heterocycles. The summed E-state index contributed by atoms with van der Waals surface area (Å²) in [6, 6.07) is 7.16. The Balaban J connectivity index is 2.31. The van der Waals surface area contributed by atoms with Crippen molar-refractivity contribution in [2.75, 3.05) is 0 Å². The van der Waals surface area contributed by atoms with E-state index >= 15 is 0 Å². The lowest BCUT2D eigenvalue weighted by molar-refractivity contribution is -0.131. The normalized spacial score (nSPS) is 17.1. The van der Waals surface area contributed by atoms with Gasteiger partial charge in [0.1, 0.15) is 0 Å². The summed E-state index contributed by atoms with van der Waals surface area (Å²) in [7, 11) is 0. The van der Waals surface area contributed by atoms with E-state index in [1.807, 2.05) is 12.1 Å². The SMILES string of the molecule is O=C(O)C(=O)c1ccccc1C1CCCCCC1. The lowest BCUT2D eigenvalue weighted by Gasteiger charge is -2.17. The zero-order chi connectivity index (χ0) is 13.0. The number of rotatable bonds is 3. The molecule has 0 atom stereocenters. The second kappa shape index (κ2) is 5.80. The first-order chi connectivity index (χ1) is 8.70. The monoisotopic (exact) mass is 246 g/mol. The van der Waals surface area contributed by atoms with Crippen molar-refractivity contribution < 1.29 is 14.7 Å². The summed E-state index contributed by atoms with van der Waals surface area (Å²) < 4.78 is 0. The maximum atomic E-state index is 11.7. The van der Waals surface area contributed by atoms with Crippen LogP contribution in [0.1, 0.15) is 60.4 Å². The summed E-state index contributed by atoms with van der Waals surface area (Å²) in [5, 5.41) is 8.86. The maximum absolute atomic E-state index is 11.7. The van der Waals surface area contributed by atoms with Gasteiger partial charge in [0.15, 0.2) is 0 Å². The molecule has 96 valence electrons. The Morgan fingerprint density at radius 3 is 2.22 bits per heavy atom. The van der Waals surface area contributed by atoms with Crippen molar-refractivity contribution >= 4 is 11.8 Å². The van der Waals surface area contributed by atoms with E-state index in [9.17, 15) is 9.59 Å². The average Bonchev–Trinajstić information content (AvgIpc) is 2.66. The van der Waals surface area contributed by atoms with Crippen LogP contribution in [-0.2, 0) is 4.79 Å². The van der Waals surface area contributed by atoms with E-state index in [0.717, 1.165) is 18.4 Å². The number of hydrogen-bond donors (Lipinski definition) is 1. The minimum absolute atomic E-state index is 0.340. The van der Waals surface area contributed by atoms with Gasteiger partial charge in [-0.1, -0.05) is 49.9 Å². The summed E-state index contributed by atoms with van der Waals surface area (Å²) in [5.41, 5.74) is 1.30. The van der Waals surface area contributed by atoms with Gasteiger partial charge in [-0.15, -0.1) is 0 Å². The van der Waals surface area contributed by atoms with E-state index in [0.29, 0.717) is 11.5 Å². The Bertz CT molecular complexity index is 443. The van der Waals surface area contributed by atoms with Crippen molar-refractivity contribution in [1.82, 2.24) is 0 Å². The minimum Gasteiger partial charge on any atom is -0.475 e. The summed E-state index contributed by atoms with van der Waals surface area (Å²) in [6.07, 6.45) is 6.94. The number of carbonyl (C=O) groups is 2. The number of aliphatic carboxylic acids is 1. The number of hydrogen-bond acceptors (Lipinski definition) is 2. The molecule has 1 aliphatic rings. The van der Waals surface area contributed by atoms with Gasteiger partial charge in [0, 0.05) is 5.56 Å². The standard InChI is InChI=1S/C15H18O3/c16-14(15(17)18)13-10-6-5-9-12(13)11-7-3-1-2-4-8-11/h5-6,9-11H,1-4,7-8H2,(H,17,18). The van der Waals surface area contributed by atoms with Crippen molar-refractivity contribution in [3.8, 4) is 0 Å². The molecule has 1 N–H and O–H groups in total. The molecule has 0 amide bonds. The molecule has 0 aliphatic heterocycles. The predicted octanol–water partition coefficient (Wildman–Crippen LogP) is 3.39. The molecule has 1 saturated carbocycles. The van der Waals surface area contributed by atoms with Crippen LogP contribution in [0, 0.1) is 0 Å². The second-order valence-electron chi connectivity index (χ2n) is 4.91. The van der Waals surface area contributed by atoms with E-state index in [4.69, 9.17) is 5.11 Å². The Hall–Kier alpha value is -1.64. The lowest BCUT2D eigenvalue weighted by atomic mass is 9.87. The van der Waals surface area contributed by atoms with Crippen molar-refractivity contribution in [2.45, 2.75) is 44.4 Å². The molecule has 1 aliphatic carbocycles. The van der Waals surface area contributed by atoms with E-state index in [-0.39, 0.29) is 0 Å².